The summed E-state index contributed by atoms with van der Waals surface area (Å²) in [5.41, 5.74) is 0.346. The van der Waals surface area contributed by atoms with E-state index in [4.69, 9.17) is 0 Å². The van der Waals surface area contributed by atoms with E-state index in [-0.39, 0.29) is 5.25 Å². The van der Waals surface area contributed by atoms with Gasteiger partial charge in [-0.15, -0.1) is 0 Å². The summed E-state index contributed by atoms with van der Waals surface area (Å²) in [7, 11) is -1.23. The average Bonchev–Trinajstić information content (AvgIpc) is 2.95. The Labute approximate surface area is 121 Å². The van der Waals surface area contributed by atoms with E-state index in [9.17, 15) is 9.32 Å². The number of benzene rings is 2. The van der Waals surface area contributed by atoms with Gasteiger partial charge in [0.25, 0.3) is 0 Å². The minimum Gasteiger partial charge on any atom is -0.379 e. The van der Waals surface area contributed by atoms with Gasteiger partial charge in [0, 0.05) is 6.54 Å². The normalized spacial score (nSPS) is 22.9. The topological polar surface area (TPSA) is 49.3 Å². The number of rotatable bonds is 3. The van der Waals surface area contributed by atoms with Gasteiger partial charge < -0.3 is 5.11 Å². The van der Waals surface area contributed by atoms with E-state index in [2.05, 4.69) is 4.72 Å². The Morgan fingerprint density at radius 1 is 1.00 bits per heavy atom. The fourth-order valence-electron chi connectivity index (χ4n) is 2.78. The first kappa shape index (κ1) is 13.5. The smallest absolute Gasteiger partial charge is 0.130 e. The zero-order valence-corrected chi connectivity index (χ0v) is 11.8. The van der Waals surface area contributed by atoms with Crippen LogP contribution in [0.25, 0.3) is 0 Å². The van der Waals surface area contributed by atoms with Gasteiger partial charge in [0.2, 0.25) is 0 Å². The summed E-state index contributed by atoms with van der Waals surface area (Å²) in [5.74, 6) is 0. The van der Waals surface area contributed by atoms with Crippen LogP contribution >= 0.6 is 0 Å². The molecule has 2 aromatic rings. The molecule has 0 spiro atoms. The molecule has 1 fully saturated rings. The zero-order chi connectivity index (χ0) is 14.0. The summed E-state index contributed by atoms with van der Waals surface area (Å²) in [6, 6.07) is 19.0. The third-order valence-corrected chi connectivity index (χ3v) is 5.39. The Morgan fingerprint density at radius 2 is 1.50 bits per heavy atom. The van der Waals surface area contributed by atoms with Gasteiger partial charge >= 0.3 is 0 Å². The lowest BCUT2D eigenvalue weighted by molar-refractivity contribution is 0.0766. The third kappa shape index (κ3) is 2.20. The molecule has 1 aliphatic rings. The van der Waals surface area contributed by atoms with Crippen molar-refractivity contribution in [2.45, 2.75) is 17.3 Å². The highest BCUT2D eigenvalue weighted by atomic mass is 32.2. The van der Waals surface area contributed by atoms with Crippen LogP contribution in [-0.2, 0) is 16.6 Å². The summed E-state index contributed by atoms with van der Waals surface area (Å²) in [6.45, 7) is 0.666. The molecule has 0 amide bonds. The maximum absolute atomic E-state index is 12.2. The quantitative estimate of drug-likeness (QED) is 0.906. The molecular formula is C16H17NO2S. The molecule has 0 bridgehead atoms. The highest BCUT2D eigenvalue weighted by Crippen LogP contribution is 2.38. The van der Waals surface area contributed by atoms with E-state index >= 15 is 0 Å². The van der Waals surface area contributed by atoms with Crippen LogP contribution < -0.4 is 4.72 Å². The predicted molar refractivity (Wildman–Crippen MR) is 80.4 cm³/mol. The maximum Gasteiger partial charge on any atom is 0.130 e. The lowest BCUT2D eigenvalue weighted by atomic mass is 9.82. The van der Waals surface area contributed by atoms with Crippen molar-refractivity contribution in [1.29, 1.82) is 0 Å². The Kier molecular flexibility index (Phi) is 3.70. The molecule has 1 saturated heterocycles. The second kappa shape index (κ2) is 5.48. The van der Waals surface area contributed by atoms with Gasteiger partial charge in [0.05, 0.1) is 16.2 Å². The first-order chi connectivity index (χ1) is 9.73. The molecule has 0 aliphatic carbocycles. The number of aliphatic hydroxyl groups is 1. The lowest BCUT2D eigenvalue weighted by Crippen LogP contribution is -2.42. The van der Waals surface area contributed by atoms with E-state index in [0.29, 0.717) is 13.0 Å². The molecule has 104 valence electrons. The monoisotopic (exact) mass is 287 g/mol. The van der Waals surface area contributed by atoms with Crippen molar-refractivity contribution < 1.29 is 9.32 Å². The van der Waals surface area contributed by atoms with E-state index in [1.807, 2.05) is 60.7 Å². The minimum absolute atomic E-state index is 0.340. The molecule has 3 rings (SSSR count). The molecule has 0 aromatic heterocycles. The molecule has 3 nitrogen and oxygen atoms in total. The van der Waals surface area contributed by atoms with Gasteiger partial charge in [-0.3, -0.25) is 0 Å². The Bertz CT molecular complexity index is 561. The third-order valence-electron chi connectivity index (χ3n) is 3.80. The Morgan fingerprint density at radius 3 is 1.90 bits per heavy atom. The van der Waals surface area contributed by atoms with Crippen molar-refractivity contribution in [2.75, 3.05) is 6.54 Å². The highest BCUT2D eigenvalue weighted by Gasteiger charge is 2.45. The molecule has 0 radical (unpaired) electrons. The van der Waals surface area contributed by atoms with Crippen LogP contribution in [0.15, 0.2) is 60.7 Å². The van der Waals surface area contributed by atoms with Crippen molar-refractivity contribution >= 4 is 11.0 Å². The van der Waals surface area contributed by atoms with Gasteiger partial charge in [-0.05, 0) is 17.5 Å². The Hall–Kier alpha value is -1.49. The van der Waals surface area contributed by atoms with Crippen molar-refractivity contribution in [3.8, 4) is 0 Å². The SMILES string of the molecule is O=S1NCCC1C(O)(c1ccccc1)c1ccccc1. The zero-order valence-electron chi connectivity index (χ0n) is 11.0. The van der Waals surface area contributed by atoms with Crippen LogP contribution in [0.4, 0.5) is 0 Å². The van der Waals surface area contributed by atoms with Crippen LogP contribution in [0.1, 0.15) is 17.5 Å². The van der Waals surface area contributed by atoms with Crippen molar-refractivity contribution in [1.82, 2.24) is 4.72 Å². The fraction of sp³-hybridized carbons (Fsp3) is 0.250. The average molecular weight is 287 g/mol. The maximum atomic E-state index is 12.2. The van der Waals surface area contributed by atoms with E-state index in [1.165, 1.54) is 0 Å². The molecule has 1 aliphatic heterocycles. The second-order valence-corrected chi connectivity index (χ2v) is 6.42. The molecule has 2 aromatic carbocycles. The number of hydrogen-bond acceptors (Lipinski definition) is 2. The lowest BCUT2D eigenvalue weighted by Gasteiger charge is -2.33. The fourth-order valence-corrected chi connectivity index (χ4v) is 4.22. The molecule has 20 heavy (non-hydrogen) atoms. The van der Waals surface area contributed by atoms with Gasteiger partial charge in [0.1, 0.15) is 5.60 Å². The van der Waals surface area contributed by atoms with Crippen LogP contribution in [0.5, 0.6) is 0 Å². The summed E-state index contributed by atoms with van der Waals surface area (Å²) in [4.78, 5) is 0. The predicted octanol–water partition coefficient (Wildman–Crippen LogP) is 1.95. The van der Waals surface area contributed by atoms with Gasteiger partial charge in [0.15, 0.2) is 0 Å². The molecule has 2 atom stereocenters. The minimum atomic E-state index is -1.23. The van der Waals surface area contributed by atoms with Crippen LogP contribution in [0, 0.1) is 0 Å². The van der Waals surface area contributed by atoms with E-state index in [1.54, 1.807) is 0 Å². The molecule has 1 heterocycles. The van der Waals surface area contributed by atoms with Crippen LogP contribution in [-0.4, -0.2) is 21.1 Å². The Balaban J connectivity index is 2.15. The number of hydrogen-bond donors (Lipinski definition) is 2. The standard InChI is InChI=1S/C16H17NO2S/c18-16(13-7-3-1-4-8-13,14-9-5-2-6-10-14)15-11-12-17-20(15)19/h1-10,15,17-18H,11-12H2. The highest BCUT2D eigenvalue weighted by molar-refractivity contribution is 7.84. The largest absolute Gasteiger partial charge is 0.379 e. The second-order valence-electron chi connectivity index (χ2n) is 4.97. The molecular weight excluding hydrogens is 270 g/mol. The van der Waals surface area contributed by atoms with Crippen molar-refractivity contribution in [3.63, 3.8) is 0 Å². The van der Waals surface area contributed by atoms with E-state index in [0.717, 1.165) is 11.1 Å². The first-order valence-corrected chi connectivity index (χ1v) is 7.91. The molecule has 4 heteroatoms. The molecule has 2 unspecified atom stereocenters. The summed E-state index contributed by atoms with van der Waals surface area (Å²) >= 11 is 0. The summed E-state index contributed by atoms with van der Waals surface area (Å²) in [5, 5.41) is 11.1. The van der Waals surface area contributed by atoms with Crippen molar-refractivity contribution in [2.24, 2.45) is 0 Å². The first-order valence-electron chi connectivity index (χ1n) is 6.70. The molecule has 2 N–H and O–H groups in total. The molecule has 0 saturated carbocycles. The summed E-state index contributed by atoms with van der Waals surface area (Å²) < 4.78 is 15.1. The van der Waals surface area contributed by atoms with E-state index < -0.39 is 16.6 Å². The van der Waals surface area contributed by atoms with Crippen molar-refractivity contribution in [3.05, 3.63) is 71.8 Å². The summed E-state index contributed by atoms with van der Waals surface area (Å²) in [6.07, 6.45) is 0.687. The van der Waals surface area contributed by atoms with Gasteiger partial charge in [-0.2, -0.15) is 0 Å². The van der Waals surface area contributed by atoms with Crippen LogP contribution in [0.2, 0.25) is 0 Å². The number of nitrogens with one attached hydrogen (secondary N) is 1. The van der Waals surface area contributed by atoms with Gasteiger partial charge in [-0.25, -0.2) is 8.93 Å². The van der Waals surface area contributed by atoms with Crippen LogP contribution in [0.3, 0.4) is 0 Å². The van der Waals surface area contributed by atoms with Gasteiger partial charge in [-0.1, -0.05) is 60.7 Å².